The highest BCUT2D eigenvalue weighted by atomic mass is 16.5. The maximum Gasteiger partial charge on any atom is 0.260 e. The monoisotopic (exact) mass is 408 g/mol. The second-order valence-corrected chi connectivity index (χ2v) is 8.44. The lowest BCUT2D eigenvalue weighted by Crippen LogP contribution is -2.49. The van der Waals surface area contributed by atoms with Gasteiger partial charge in [-0.15, -0.1) is 0 Å². The predicted octanol–water partition coefficient (Wildman–Crippen LogP) is 5.23. The van der Waals surface area contributed by atoms with Gasteiger partial charge in [0.1, 0.15) is 5.75 Å². The molecule has 0 saturated carbocycles. The van der Waals surface area contributed by atoms with Gasteiger partial charge in [0, 0.05) is 23.3 Å². The van der Waals surface area contributed by atoms with Crippen molar-refractivity contribution in [3.63, 3.8) is 0 Å². The van der Waals surface area contributed by atoms with Crippen LogP contribution in [-0.4, -0.2) is 35.4 Å². The molecule has 0 unspecified atom stereocenters. The van der Waals surface area contributed by atoms with E-state index >= 15 is 0 Å². The lowest BCUT2D eigenvalue weighted by Gasteiger charge is -2.38. The van der Waals surface area contributed by atoms with Crippen LogP contribution in [0, 0.1) is 0 Å². The molecule has 2 amide bonds. The van der Waals surface area contributed by atoms with Crippen molar-refractivity contribution >= 4 is 17.5 Å². The molecule has 0 spiro atoms. The SMILES string of the molecule is CC(C)c1ccccc1NC(=O)c1ccc(OCC(=O)N2[C@@H](C)CCC[C@@H]2C)cc1. The molecule has 160 valence electrons. The molecule has 2 aromatic carbocycles. The van der Waals surface area contributed by atoms with Gasteiger partial charge in [-0.1, -0.05) is 32.0 Å². The molecule has 1 saturated heterocycles. The van der Waals surface area contributed by atoms with Gasteiger partial charge in [-0.3, -0.25) is 9.59 Å². The van der Waals surface area contributed by atoms with Crippen LogP contribution in [-0.2, 0) is 4.79 Å². The van der Waals surface area contributed by atoms with E-state index in [2.05, 4.69) is 33.0 Å². The first kappa shape index (κ1) is 21.9. The standard InChI is InChI=1S/C25H32N2O3/c1-17(2)22-10-5-6-11-23(22)26-25(29)20-12-14-21(15-13-20)30-16-24(28)27-18(3)8-7-9-19(27)4/h5-6,10-15,17-19H,7-9,16H2,1-4H3,(H,26,29)/t18-,19-/m0/s1. The summed E-state index contributed by atoms with van der Waals surface area (Å²) in [4.78, 5) is 27.2. The predicted molar refractivity (Wildman–Crippen MR) is 120 cm³/mol. The van der Waals surface area contributed by atoms with E-state index in [1.165, 1.54) is 0 Å². The molecule has 2 aromatic rings. The number of amides is 2. The number of hydrogen-bond acceptors (Lipinski definition) is 3. The number of carbonyl (C=O) groups excluding carboxylic acids is 2. The van der Waals surface area contributed by atoms with Crippen LogP contribution >= 0.6 is 0 Å². The topological polar surface area (TPSA) is 58.6 Å². The van der Waals surface area contributed by atoms with Crippen LogP contribution in [0.15, 0.2) is 48.5 Å². The van der Waals surface area contributed by atoms with Gasteiger partial charge in [0.25, 0.3) is 11.8 Å². The van der Waals surface area contributed by atoms with Gasteiger partial charge < -0.3 is 15.0 Å². The quantitative estimate of drug-likeness (QED) is 0.712. The van der Waals surface area contributed by atoms with E-state index in [0.29, 0.717) is 17.2 Å². The lowest BCUT2D eigenvalue weighted by atomic mass is 9.97. The largest absolute Gasteiger partial charge is 0.484 e. The van der Waals surface area contributed by atoms with Crippen molar-refractivity contribution in [1.29, 1.82) is 0 Å². The minimum absolute atomic E-state index is 0.0156. The van der Waals surface area contributed by atoms with Crippen molar-refractivity contribution < 1.29 is 14.3 Å². The van der Waals surface area contributed by atoms with Crippen LogP contribution in [0.1, 0.15) is 68.8 Å². The van der Waals surface area contributed by atoms with Crippen molar-refractivity contribution in [3.8, 4) is 5.75 Å². The highest BCUT2D eigenvalue weighted by Gasteiger charge is 2.29. The van der Waals surface area contributed by atoms with Crippen LogP contribution in [0.5, 0.6) is 5.75 Å². The Balaban J connectivity index is 1.58. The van der Waals surface area contributed by atoms with Crippen LogP contribution in [0.3, 0.4) is 0 Å². The van der Waals surface area contributed by atoms with E-state index in [1.54, 1.807) is 24.3 Å². The first-order valence-electron chi connectivity index (χ1n) is 10.8. The van der Waals surface area contributed by atoms with E-state index in [0.717, 1.165) is 30.5 Å². The zero-order valence-electron chi connectivity index (χ0n) is 18.4. The van der Waals surface area contributed by atoms with Crippen LogP contribution in [0.25, 0.3) is 0 Å². The fraction of sp³-hybridized carbons (Fsp3) is 0.440. The average Bonchev–Trinajstić information content (AvgIpc) is 2.72. The smallest absolute Gasteiger partial charge is 0.260 e. The van der Waals surface area contributed by atoms with Gasteiger partial charge in [-0.2, -0.15) is 0 Å². The Bertz CT molecular complexity index is 866. The number of benzene rings is 2. The highest BCUT2D eigenvalue weighted by molar-refractivity contribution is 6.04. The number of nitrogens with one attached hydrogen (secondary N) is 1. The minimum Gasteiger partial charge on any atom is -0.484 e. The summed E-state index contributed by atoms with van der Waals surface area (Å²) in [5, 5.41) is 2.99. The Morgan fingerprint density at radius 1 is 1.03 bits per heavy atom. The van der Waals surface area contributed by atoms with Crippen molar-refractivity contribution in [2.45, 2.75) is 65.0 Å². The first-order chi connectivity index (χ1) is 14.4. The fourth-order valence-electron chi connectivity index (χ4n) is 4.14. The Labute approximate surface area is 179 Å². The summed E-state index contributed by atoms with van der Waals surface area (Å²) in [7, 11) is 0. The molecule has 0 bridgehead atoms. The number of rotatable bonds is 6. The molecule has 1 N–H and O–H groups in total. The third-order valence-electron chi connectivity index (χ3n) is 5.79. The Morgan fingerprint density at radius 2 is 1.67 bits per heavy atom. The summed E-state index contributed by atoms with van der Waals surface area (Å²) in [6.07, 6.45) is 3.25. The van der Waals surface area contributed by atoms with Gasteiger partial charge >= 0.3 is 0 Å². The normalized spacial score (nSPS) is 18.9. The summed E-state index contributed by atoms with van der Waals surface area (Å²) in [6, 6.07) is 15.3. The zero-order valence-corrected chi connectivity index (χ0v) is 18.4. The number of ether oxygens (including phenoxy) is 1. The van der Waals surface area contributed by atoms with Crippen LogP contribution in [0.2, 0.25) is 0 Å². The molecule has 0 aliphatic carbocycles. The van der Waals surface area contributed by atoms with E-state index in [4.69, 9.17) is 4.74 Å². The van der Waals surface area contributed by atoms with E-state index in [1.807, 2.05) is 29.2 Å². The van der Waals surface area contributed by atoms with Crippen LogP contribution in [0.4, 0.5) is 5.69 Å². The third-order valence-corrected chi connectivity index (χ3v) is 5.79. The zero-order chi connectivity index (χ0) is 21.7. The third kappa shape index (κ3) is 5.21. The molecule has 3 rings (SSSR count). The molecule has 1 aliphatic rings. The Morgan fingerprint density at radius 3 is 2.30 bits per heavy atom. The summed E-state index contributed by atoms with van der Waals surface area (Å²) >= 11 is 0. The number of hydrogen-bond donors (Lipinski definition) is 1. The summed E-state index contributed by atoms with van der Waals surface area (Å²) < 4.78 is 5.70. The van der Waals surface area contributed by atoms with Crippen molar-refractivity contribution in [2.75, 3.05) is 11.9 Å². The van der Waals surface area contributed by atoms with Crippen molar-refractivity contribution in [3.05, 3.63) is 59.7 Å². The van der Waals surface area contributed by atoms with Gasteiger partial charge in [0.05, 0.1) is 0 Å². The number of nitrogens with zero attached hydrogens (tertiary/aromatic N) is 1. The van der Waals surface area contributed by atoms with E-state index < -0.39 is 0 Å². The second-order valence-electron chi connectivity index (χ2n) is 8.44. The molecule has 5 nitrogen and oxygen atoms in total. The van der Waals surface area contributed by atoms with Gasteiger partial charge in [-0.25, -0.2) is 0 Å². The van der Waals surface area contributed by atoms with E-state index in [-0.39, 0.29) is 30.5 Å². The second kappa shape index (κ2) is 9.79. The van der Waals surface area contributed by atoms with Gasteiger partial charge in [0.2, 0.25) is 0 Å². The summed E-state index contributed by atoms with van der Waals surface area (Å²) in [6.45, 7) is 8.41. The molecule has 30 heavy (non-hydrogen) atoms. The molecule has 5 heteroatoms. The summed E-state index contributed by atoms with van der Waals surface area (Å²) in [5.74, 6) is 0.753. The Hall–Kier alpha value is -2.82. The summed E-state index contributed by atoms with van der Waals surface area (Å²) in [5.41, 5.74) is 2.48. The van der Waals surface area contributed by atoms with E-state index in [9.17, 15) is 9.59 Å². The van der Waals surface area contributed by atoms with Crippen molar-refractivity contribution in [2.24, 2.45) is 0 Å². The van der Waals surface area contributed by atoms with Crippen molar-refractivity contribution in [1.82, 2.24) is 4.90 Å². The molecule has 1 heterocycles. The molecular weight excluding hydrogens is 376 g/mol. The molecule has 2 atom stereocenters. The van der Waals surface area contributed by atoms with Gasteiger partial charge in [-0.05, 0) is 74.9 Å². The number of anilines is 1. The lowest BCUT2D eigenvalue weighted by molar-refractivity contribution is -0.139. The Kier molecular flexibility index (Phi) is 7.14. The number of carbonyl (C=O) groups is 2. The van der Waals surface area contributed by atoms with Gasteiger partial charge in [0.15, 0.2) is 6.61 Å². The molecule has 1 aliphatic heterocycles. The number of piperidine rings is 1. The minimum atomic E-state index is -0.165. The molecular formula is C25H32N2O3. The maximum atomic E-state index is 12.6. The maximum absolute atomic E-state index is 12.6. The fourth-order valence-corrected chi connectivity index (χ4v) is 4.14. The molecule has 1 fully saturated rings. The first-order valence-corrected chi connectivity index (χ1v) is 10.8. The highest BCUT2D eigenvalue weighted by Crippen LogP contribution is 2.25. The number of likely N-dealkylation sites (tertiary alicyclic amines) is 1. The molecule has 0 aromatic heterocycles. The van der Waals surface area contributed by atoms with Crippen LogP contribution < -0.4 is 10.1 Å². The number of para-hydroxylation sites is 1. The average molecular weight is 409 g/mol. The molecule has 0 radical (unpaired) electrons.